The minimum absolute atomic E-state index is 0.0368. The number of nitrogens with zero attached hydrogens (tertiary/aromatic N) is 1. The van der Waals surface area contributed by atoms with Crippen LogP contribution in [0.2, 0.25) is 0 Å². The number of hydrogen-bond donors (Lipinski definition) is 3. The number of thiophene rings is 1. The first-order chi connectivity index (χ1) is 13.9. The summed E-state index contributed by atoms with van der Waals surface area (Å²) in [4.78, 5) is 39.3. The molecule has 154 valence electrons. The summed E-state index contributed by atoms with van der Waals surface area (Å²) >= 11 is 1.38. The van der Waals surface area contributed by atoms with Gasteiger partial charge in [-0.1, -0.05) is 26.0 Å². The van der Waals surface area contributed by atoms with Crippen molar-refractivity contribution in [3.63, 3.8) is 0 Å². The number of fused-ring (bicyclic) bond motifs is 1. The van der Waals surface area contributed by atoms with Crippen LogP contribution in [-0.2, 0) is 20.8 Å². The SMILES string of the molecule is CC(C)C(=O)N1CCCc2ccc(NC(=O)C(=O)NCC(O)c3cccs3)cc21. The number of amides is 3. The Hall–Kier alpha value is -2.71. The Balaban J connectivity index is 1.64. The minimum Gasteiger partial charge on any atom is -0.386 e. The van der Waals surface area contributed by atoms with Gasteiger partial charge in [-0.15, -0.1) is 11.3 Å². The minimum atomic E-state index is -0.855. The molecule has 3 rings (SSSR count). The van der Waals surface area contributed by atoms with Crippen molar-refractivity contribution in [2.45, 2.75) is 32.8 Å². The predicted molar refractivity (Wildman–Crippen MR) is 113 cm³/mol. The molecule has 0 saturated heterocycles. The van der Waals surface area contributed by atoms with Gasteiger partial charge in [0.25, 0.3) is 0 Å². The van der Waals surface area contributed by atoms with Crippen LogP contribution in [0, 0.1) is 5.92 Å². The Bertz CT molecular complexity index is 895. The monoisotopic (exact) mass is 415 g/mol. The molecule has 29 heavy (non-hydrogen) atoms. The van der Waals surface area contributed by atoms with Crippen LogP contribution in [0.1, 0.15) is 36.8 Å². The lowest BCUT2D eigenvalue weighted by Gasteiger charge is -2.31. The highest BCUT2D eigenvalue weighted by atomic mass is 32.1. The molecular weight excluding hydrogens is 390 g/mol. The molecule has 1 aromatic heterocycles. The molecule has 3 N–H and O–H groups in total. The first-order valence-corrected chi connectivity index (χ1v) is 10.5. The molecule has 0 radical (unpaired) electrons. The van der Waals surface area contributed by atoms with Gasteiger partial charge in [0, 0.05) is 35.3 Å². The lowest BCUT2D eigenvalue weighted by molar-refractivity contribution is -0.136. The molecule has 0 aliphatic carbocycles. The maximum Gasteiger partial charge on any atom is 0.313 e. The maximum atomic E-state index is 12.5. The molecule has 2 heterocycles. The van der Waals surface area contributed by atoms with Crippen molar-refractivity contribution >= 4 is 40.4 Å². The molecule has 1 atom stereocenters. The Morgan fingerprint density at radius 3 is 2.69 bits per heavy atom. The average Bonchev–Trinajstić information content (AvgIpc) is 3.25. The zero-order valence-corrected chi connectivity index (χ0v) is 17.3. The van der Waals surface area contributed by atoms with E-state index in [-0.39, 0.29) is 18.4 Å². The van der Waals surface area contributed by atoms with Gasteiger partial charge in [-0.05, 0) is 42.0 Å². The summed E-state index contributed by atoms with van der Waals surface area (Å²) in [5, 5.41) is 16.9. The van der Waals surface area contributed by atoms with Gasteiger partial charge >= 0.3 is 11.8 Å². The van der Waals surface area contributed by atoms with Crippen LogP contribution in [0.25, 0.3) is 0 Å². The molecular formula is C21H25N3O4S. The van der Waals surface area contributed by atoms with E-state index in [1.54, 1.807) is 29.2 Å². The number of carbonyl (C=O) groups is 3. The Kier molecular flexibility index (Phi) is 6.66. The van der Waals surface area contributed by atoms with Crippen molar-refractivity contribution < 1.29 is 19.5 Å². The summed E-state index contributed by atoms with van der Waals surface area (Å²) < 4.78 is 0. The fraction of sp³-hybridized carbons (Fsp3) is 0.381. The number of hydrogen-bond acceptors (Lipinski definition) is 5. The number of aliphatic hydroxyl groups is 1. The number of aryl methyl sites for hydroxylation is 1. The van der Waals surface area contributed by atoms with Crippen LogP contribution in [-0.4, -0.2) is 35.9 Å². The summed E-state index contributed by atoms with van der Waals surface area (Å²) in [7, 11) is 0. The third kappa shape index (κ3) is 5.02. The largest absolute Gasteiger partial charge is 0.386 e. The zero-order valence-electron chi connectivity index (χ0n) is 16.5. The number of rotatable bonds is 5. The number of benzene rings is 1. The van der Waals surface area contributed by atoms with Gasteiger partial charge in [0.2, 0.25) is 5.91 Å². The second kappa shape index (κ2) is 9.19. The molecule has 1 aliphatic heterocycles. The smallest absolute Gasteiger partial charge is 0.313 e. The molecule has 0 bridgehead atoms. The summed E-state index contributed by atoms with van der Waals surface area (Å²) in [6, 6.07) is 8.91. The van der Waals surface area contributed by atoms with E-state index in [2.05, 4.69) is 10.6 Å². The van der Waals surface area contributed by atoms with Gasteiger partial charge in [-0.25, -0.2) is 0 Å². The van der Waals surface area contributed by atoms with E-state index in [1.807, 2.05) is 25.3 Å². The molecule has 1 aliphatic rings. The highest BCUT2D eigenvalue weighted by Gasteiger charge is 2.25. The van der Waals surface area contributed by atoms with Crippen molar-refractivity contribution in [3.8, 4) is 0 Å². The quantitative estimate of drug-likeness (QED) is 0.654. The lowest BCUT2D eigenvalue weighted by Crippen LogP contribution is -2.39. The third-order valence-electron chi connectivity index (χ3n) is 4.76. The normalized spacial score (nSPS) is 14.3. The molecule has 0 spiro atoms. The van der Waals surface area contributed by atoms with Gasteiger partial charge in [-0.3, -0.25) is 14.4 Å². The van der Waals surface area contributed by atoms with Crippen molar-refractivity contribution in [2.24, 2.45) is 5.92 Å². The molecule has 1 unspecified atom stereocenters. The van der Waals surface area contributed by atoms with E-state index in [1.165, 1.54) is 11.3 Å². The average molecular weight is 416 g/mol. The number of anilines is 2. The van der Waals surface area contributed by atoms with Crippen molar-refractivity contribution in [2.75, 3.05) is 23.3 Å². The van der Waals surface area contributed by atoms with Crippen LogP contribution in [0.15, 0.2) is 35.7 Å². The molecule has 8 heteroatoms. The highest BCUT2D eigenvalue weighted by molar-refractivity contribution is 7.10. The van der Waals surface area contributed by atoms with E-state index in [4.69, 9.17) is 0 Å². The Morgan fingerprint density at radius 2 is 2.00 bits per heavy atom. The van der Waals surface area contributed by atoms with Gasteiger partial charge in [0.05, 0.1) is 0 Å². The summed E-state index contributed by atoms with van der Waals surface area (Å²) in [5.41, 5.74) is 2.28. The second-order valence-corrected chi connectivity index (χ2v) is 8.27. The van der Waals surface area contributed by atoms with E-state index in [9.17, 15) is 19.5 Å². The van der Waals surface area contributed by atoms with Crippen LogP contribution >= 0.6 is 11.3 Å². The zero-order chi connectivity index (χ0) is 21.0. The van der Waals surface area contributed by atoms with E-state index < -0.39 is 17.9 Å². The van der Waals surface area contributed by atoms with Crippen LogP contribution < -0.4 is 15.5 Å². The summed E-state index contributed by atoms with van der Waals surface area (Å²) in [6.07, 6.45) is 0.907. The predicted octanol–water partition coefficient (Wildman–Crippen LogP) is 2.47. The maximum absolute atomic E-state index is 12.5. The fourth-order valence-corrected chi connectivity index (χ4v) is 3.94. The molecule has 1 aromatic carbocycles. The summed E-state index contributed by atoms with van der Waals surface area (Å²) in [6.45, 7) is 4.31. The number of aliphatic hydroxyl groups excluding tert-OH is 1. The molecule has 0 fully saturated rings. The van der Waals surface area contributed by atoms with Crippen molar-refractivity contribution in [1.29, 1.82) is 0 Å². The number of nitrogens with one attached hydrogen (secondary N) is 2. The Morgan fingerprint density at radius 1 is 1.21 bits per heavy atom. The molecule has 3 amide bonds. The van der Waals surface area contributed by atoms with Gasteiger partial charge in [-0.2, -0.15) is 0 Å². The molecule has 7 nitrogen and oxygen atoms in total. The first kappa shape index (κ1) is 21.0. The topological polar surface area (TPSA) is 98.7 Å². The summed E-state index contributed by atoms with van der Waals surface area (Å²) in [5.74, 6) is -1.73. The van der Waals surface area contributed by atoms with E-state index >= 15 is 0 Å². The lowest BCUT2D eigenvalue weighted by atomic mass is 9.99. The van der Waals surface area contributed by atoms with Gasteiger partial charge in [0.1, 0.15) is 6.10 Å². The highest BCUT2D eigenvalue weighted by Crippen LogP contribution is 2.31. The van der Waals surface area contributed by atoms with E-state index in [0.29, 0.717) is 12.2 Å². The first-order valence-electron chi connectivity index (χ1n) is 9.61. The standard InChI is InChI=1S/C21H25N3O4S/c1-13(2)21(28)24-9-3-5-14-7-8-15(11-16(14)24)23-20(27)19(26)22-12-17(25)18-6-4-10-29-18/h4,6-8,10-11,13,17,25H,3,5,9,12H2,1-2H3,(H,22,26)(H,23,27). The number of carbonyl (C=O) groups excluding carboxylic acids is 3. The van der Waals surface area contributed by atoms with Crippen molar-refractivity contribution in [1.82, 2.24) is 5.32 Å². The Labute approximate surface area is 173 Å². The van der Waals surface area contributed by atoms with Crippen LogP contribution in [0.5, 0.6) is 0 Å². The van der Waals surface area contributed by atoms with E-state index in [0.717, 1.165) is 29.0 Å². The second-order valence-electron chi connectivity index (χ2n) is 7.29. The van der Waals surface area contributed by atoms with Gasteiger partial charge in [0.15, 0.2) is 0 Å². The van der Waals surface area contributed by atoms with Gasteiger partial charge < -0.3 is 20.6 Å². The van der Waals surface area contributed by atoms with Crippen LogP contribution in [0.3, 0.4) is 0 Å². The molecule has 2 aromatic rings. The van der Waals surface area contributed by atoms with Crippen LogP contribution in [0.4, 0.5) is 11.4 Å². The molecule has 0 saturated carbocycles. The van der Waals surface area contributed by atoms with Crippen molar-refractivity contribution in [3.05, 3.63) is 46.2 Å². The third-order valence-corrected chi connectivity index (χ3v) is 5.73. The fourth-order valence-electron chi connectivity index (χ4n) is 3.23.